The summed E-state index contributed by atoms with van der Waals surface area (Å²) in [7, 11) is -3.59. The second-order valence-corrected chi connectivity index (χ2v) is 6.47. The summed E-state index contributed by atoms with van der Waals surface area (Å²) in [5, 5.41) is 13.2. The smallest absolute Gasteiger partial charge is 0.247 e. The zero-order valence-corrected chi connectivity index (χ0v) is 13.2. The van der Waals surface area contributed by atoms with E-state index in [1.54, 1.807) is 19.9 Å². The molecular formula is C13H23N3O3S. The van der Waals surface area contributed by atoms with Crippen molar-refractivity contribution in [3.8, 4) is 0 Å². The lowest BCUT2D eigenvalue weighted by molar-refractivity contribution is 0.267. The standard InChI is InChI=1S/C13H23N3O3S/c1-5-7-15(8-6-2)20(18,19)13-11(3)14-16(9-10-17)12(13)4/h5,17H,1,6-10H2,2-4H3. The van der Waals surface area contributed by atoms with Gasteiger partial charge in [-0.25, -0.2) is 8.42 Å². The van der Waals surface area contributed by atoms with Gasteiger partial charge in [0.1, 0.15) is 4.90 Å². The summed E-state index contributed by atoms with van der Waals surface area (Å²) in [6.45, 7) is 9.86. The van der Waals surface area contributed by atoms with Gasteiger partial charge in [-0.15, -0.1) is 6.58 Å². The quantitative estimate of drug-likeness (QED) is 0.729. The van der Waals surface area contributed by atoms with E-state index in [9.17, 15) is 8.42 Å². The zero-order chi connectivity index (χ0) is 15.3. The molecule has 0 aliphatic carbocycles. The lowest BCUT2D eigenvalue weighted by atomic mass is 10.4. The Balaban J connectivity index is 3.29. The number of sulfonamides is 1. The third-order valence-corrected chi connectivity index (χ3v) is 5.15. The van der Waals surface area contributed by atoms with E-state index >= 15 is 0 Å². The summed E-state index contributed by atoms with van der Waals surface area (Å²) in [5.74, 6) is 0. The van der Waals surface area contributed by atoms with E-state index in [4.69, 9.17) is 5.11 Å². The molecule has 7 heteroatoms. The molecule has 1 heterocycles. The zero-order valence-electron chi connectivity index (χ0n) is 12.3. The Bertz CT molecular complexity index is 564. The van der Waals surface area contributed by atoms with Crippen LogP contribution in [0.25, 0.3) is 0 Å². The first-order valence-electron chi connectivity index (χ1n) is 6.66. The van der Waals surface area contributed by atoms with Crippen molar-refractivity contribution >= 4 is 10.0 Å². The van der Waals surface area contributed by atoms with Crippen molar-refractivity contribution in [3.63, 3.8) is 0 Å². The molecule has 0 fully saturated rings. The minimum atomic E-state index is -3.59. The molecule has 0 radical (unpaired) electrons. The fraction of sp³-hybridized carbons (Fsp3) is 0.615. The normalized spacial score (nSPS) is 12.1. The van der Waals surface area contributed by atoms with Gasteiger partial charge in [0.15, 0.2) is 0 Å². The Morgan fingerprint density at radius 2 is 2.10 bits per heavy atom. The maximum atomic E-state index is 12.7. The molecule has 20 heavy (non-hydrogen) atoms. The number of aliphatic hydroxyl groups is 1. The van der Waals surface area contributed by atoms with Gasteiger partial charge in [-0.05, 0) is 20.3 Å². The maximum absolute atomic E-state index is 12.7. The van der Waals surface area contributed by atoms with Crippen LogP contribution < -0.4 is 0 Å². The van der Waals surface area contributed by atoms with Crippen molar-refractivity contribution in [2.45, 2.75) is 38.6 Å². The molecule has 0 spiro atoms. The SMILES string of the molecule is C=CCN(CCC)S(=O)(=O)c1c(C)nn(CCO)c1C. The van der Waals surface area contributed by atoms with Gasteiger partial charge in [0.25, 0.3) is 0 Å². The third kappa shape index (κ3) is 3.28. The molecule has 0 aliphatic heterocycles. The van der Waals surface area contributed by atoms with Crippen LogP contribution in [0.5, 0.6) is 0 Å². The van der Waals surface area contributed by atoms with E-state index in [1.165, 1.54) is 8.99 Å². The van der Waals surface area contributed by atoms with E-state index in [2.05, 4.69) is 11.7 Å². The van der Waals surface area contributed by atoms with E-state index in [-0.39, 0.29) is 24.6 Å². The van der Waals surface area contributed by atoms with E-state index in [0.29, 0.717) is 17.9 Å². The lowest BCUT2D eigenvalue weighted by Crippen LogP contribution is -2.32. The molecule has 0 saturated heterocycles. The minimum Gasteiger partial charge on any atom is -0.394 e. The van der Waals surface area contributed by atoms with Crippen molar-refractivity contribution in [2.24, 2.45) is 0 Å². The highest BCUT2D eigenvalue weighted by Crippen LogP contribution is 2.23. The Morgan fingerprint density at radius 3 is 2.60 bits per heavy atom. The summed E-state index contributed by atoms with van der Waals surface area (Å²) in [6.07, 6.45) is 2.31. The van der Waals surface area contributed by atoms with Crippen LogP contribution in [0.15, 0.2) is 17.6 Å². The molecule has 1 aromatic heterocycles. The van der Waals surface area contributed by atoms with Gasteiger partial charge in [0.2, 0.25) is 10.0 Å². The van der Waals surface area contributed by atoms with Gasteiger partial charge in [0, 0.05) is 13.1 Å². The fourth-order valence-corrected chi connectivity index (χ4v) is 4.07. The predicted octanol–water partition coefficient (Wildman–Crippen LogP) is 1.08. The molecule has 0 bridgehead atoms. The summed E-state index contributed by atoms with van der Waals surface area (Å²) in [5.41, 5.74) is 1.02. The van der Waals surface area contributed by atoms with E-state index in [1.807, 2.05) is 6.92 Å². The predicted molar refractivity (Wildman–Crippen MR) is 78.0 cm³/mol. The van der Waals surface area contributed by atoms with Crippen molar-refractivity contribution < 1.29 is 13.5 Å². The second kappa shape index (κ2) is 7.01. The maximum Gasteiger partial charge on any atom is 0.247 e. The molecule has 114 valence electrons. The van der Waals surface area contributed by atoms with Crippen LogP contribution in [0.2, 0.25) is 0 Å². The molecule has 1 N–H and O–H groups in total. The number of rotatable bonds is 8. The number of hydrogen-bond acceptors (Lipinski definition) is 4. The first-order valence-corrected chi connectivity index (χ1v) is 8.10. The largest absolute Gasteiger partial charge is 0.394 e. The average Bonchev–Trinajstić information content (AvgIpc) is 2.65. The molecule has 0 amide bonds. The van der Waals surface area contributed by atoms with Gasteiger partial charge >= 0.3 is 0 Å². The van der Waals surface area contributed by atoms with Gasteiger partial charge in [-0.1, -0.05) is 13.0 Å². The first kappa shape index (κ1) is 16.9. The molecule has 1 rings (SSSR count). The van der Waals surface area contributed by atoms with Crippen LogP contribution in [0.4, 0.5) is 0 Å². The summed E-state index contributed by atoms with van der Waals surface area (Å²) >= 11 is 0. The van der Waals surface area contributed by atoms with Crippen molar-refractivity contribution in [1.29, 1.82) is 0 Å². The Kier molecular flexibility index (Phi) is 5.91. The van der Waals surface area contributed by atoms with Gasteiger partial charge < -0.3 is 5.11 Å². The van der Waals surface area contributed by atoms with E-state index in [0.717, 1.165) is 6.42 Å². The fourth-order valence-electron chi connectivity index (χ4n) is 2.20. The molecule has 6 nitrogen and oxygen atoms in total. The Morgan fingerprint density at radius 1 is 1.45 bits per heavy atom. The summed E-state index contributed by atoms with van der Waals surface area (Å²) < 4.78 is 28.4. The molecule has 0 aliphatic rings. The highest BCUT2D eigenvalue weighted by molar-refractivity contribution is 7.89. The number of nitrogens with zero attached hydrogens (tertiary/aromatic N) is 3. The minimum absolute atomic E-state index is 0.0766. The summed E-state index contributed by atoms with van der Waals surface area (Å²) in [4.78, 5) is 0.237. The molecule has 1 aromatic rings. The van der Waals surface area contributed by atoms with Crippen LogP contribution >= 0.6 is 0 Å². The first-order chi connectivity index (χ1) is 9.39. The van der Waals surface area contributed by atoms with Gasteiger partial charge in [-0.3, -0.25) is 4.68 Å². The molecule has 0 atom stereocenters. The van der Waals surface area contributed by atoms with Crippen LogP contribution in [0.3, 0.4) is 0 Å². The summed E-state index contributed by atoms with van der Waals surface area (Å²) in [6, 6.07) is 0. The third-order valence-electron chi connectivity index (χ3n) is 3.03. The number of hydrogen-bond donors (Lipinski definition) is 1. The van der Waals surface area contributed by atoms with Gasteiger partial charge in [0.05, 0.1) is 24.5 Å². The lowest BCUT2D eigenvalue weighted by Gasteiger charge is -2.20. The topological polar surface area (TPSA) is 75.4 Å². The Labute approximate surface area is 120 Å². The van der Waals surface area contributed by atoms with E-state index < -0.39 is 10.0 Å². The molecule has 0 unspecified atom stereocenters. The van der Waals surface area contributed by atoms with Crippen molar-refractivity contribution in [3.05, 3.63) is 24.0 Å². The number of aliphatic hydroxyl groups excluding tert-OH is 1. The number of aromatic nitrogens is 2. The highest BCUT2D eigenvalue weighted by Gasteiger charge is 2.29. The van der Waals surface area contributed by atoms with Crippen molar-refractivity contribution in [2.75, 3.05) is 19.7 Å². The molecular weight excluding hydrogens is 278 g/mol. The van der Waals surface area contributed by atoms with Crippen LogP contribution in [-0.4, -0.2) is 47.3 Å². The van der Waals surface area contributed by atoms with Crippen LogP contribution in [0.1, 0.15) is 24.7 Å². The monoisotopic (exact) mass is 301 g/mol. The Hall–Kier alpha value is -1.18. The van der Waals surface area contributed by atoms with Crippen molar-refractivity contribution in [1.82, 2.24) is 14.1 Å². The van der Waals surface area contributed by atoms with Gasteiger partial charge in [-0.2, -0.15) is 9.40 Å². The second-order valence-electron chi connectivity index (χ2n) is 4.60. The molecule has 0 saturated carbocycles. The number of aryl methyl sites for hydroxylation is 1. The van der Waals surface area contributed by atoms with Crippen LogP contribution in [0, 0.1) is 13.8 Å². The highest BCUT2D eigenvalue weighted by atomic mass is 32.2. The molecule has 0 aromatic carbocycles. The average molecular weight is 301 g/mol. The van der Waals surface area contributed by atoms with Crippen LogP contribution in [-0.2, 0) is 16.6 Å².